The minimum atomic E-state index is -0.187. The van der Waals surface area contributed by atoms with Crippen LogP contribution in [0.4, 0.5) is 4.39 Å². The van der Waals surface area contributed by atoms with Crippen molar-refractivity contribution in [2.24, 2.45) is 0 Å². The molecule has 0 spiro atoms. The number of hydrogen-bond acceptors (Lipinski definition) is 3. The van der Waals surface area contributed by atoms with Gasteiger partial charge in [0.2, 0.25) is 6.79 Å². The first kappa shape index (κ1) is 8.97. The normalized spacial score (nSPS) is 23.4. The summed E-state index contributed by atoms with van der Waals surface area (Å²) in [5.74, 6) is 1.29. The number of nitrogens with one attached hydrogen (secondary N) is 1. The highest BCUT2D eigenvalue weighted by Crippen LogP contribution is 2.42. The first-order chi connectivity index (χ1) is 7.36. The Balaban J connectivity index is 2.08. The monoisotopic (exact) mass is 209 g/mol. The minimum absolute atomic E-state index is 0.187. The fourth-order valence-electron chi connectivity index (χ4n) is 2.25. The predicted molar refractivity (Wildman–Crippen MR) is 52.8 cm³/mol. The van der Waals surface area contributed by atoms with E-state index < -0.39 is 0 Å². The number of benzene rings is 1. The van der Waals surface area contributed by atoms with Crippen molar-refractivity contribution in [3.63, 3.8) is 0 Å². The molecule has 0 bridgehead atoms. The van der Waals surface area contributed by atoms with Crippen LogP contribution in [0.1, 0.15) is 17.9 Å². The predicted octanol–water partition coefficient (Wildman–Crippen LogP) is 1.63. The third-order valence-corrected chi connectivity index (χ3v) is 2.99. The van der Waals surface area contributed by atoms with Gasteiger partial charge in [-0.3, -0.25) is 0 Å². The summed E-state index contributed by atoms with van der Waals surface area (Å²) in [6, 6.07) is 3.09. The molecular formula is C11H12FNO2. The van der Waals surface area contributed by atoms with E-state index in [1.54, 1.807) is 6.07 Å². The summed E-state index contributed by atoms with van der Waals surface area (Å²) in [6.07, 6.45) is 0.955. The Morgan fingerprint density at radius 3 is 3.07 bits per heavy atom. The molecule has 2 heterocycles. The Morgan fingerprint density at radius 2 is 2.27 bits per heavy atom. The Morgan fingerprint density at radius 1 is 1.33 bits per heavy atom. The number of ether oxygens (including phenoxy) is 2. The Labute approximate surface area is 87.2 Å². The molecule has 1 fully saturated rings. The lowest BCUT2D eigenvalue weighted by Gasteiger charge is -2.12. The van der Waals surface area contributed by atoms with Gasteiger partial charge < -0.3 is 14.8 Å². The third-order valence-electron chi connectivity index (χ3n) is 2.99. The highest BCUT2D eigenvalue weighted by molar-refractivity contribution is 5.50. The van der Waals surface area contributed by atoms with Crippen molar-refractivity contribution in [3.05, 3.63) is 23.5 Å². The van der Waals surface area contributed by atoms with E-state index in [0.29, 0.717) is 17.1 Å². The molecule has 1 aromatic carbocycles. The molecular weight excluding hydrogens is 197 g/mol. The van der Waals surface area contributed by atoms with Crippen LogP contribution in [0.15, 0.2) is 12.1 Å². The second-order valence-corrected chi connectivity index (χ2v) is 3.88. The molecule has 80 valence electrons. The van der Waals surface area contributed by atoms with E-state index in [0.717, 1.165) is 19.5 Å². The van der Waals surface area contributed by atoms with E-state index in [1.165, 1.54) is 6.07 Å². The molecule has 1 unspecified atom stereocenters. The molecule has 15 heavy (non-hydrogen) atoms. The van der Waals surface area contributed by atoms with E-state index >= 15 is 0 Å². The summed E-state index contributed by atoms with van der Waals surface area (Å²) >= 11 is 0. The fourth-order valence-corrected chi connectivity index (χ4v) is 2.25. The molecule has 3 rings (SSSR count). The molecule has 1 aromatic rings. The maximum absolute atomic E-state index is 13.7. The molecule has 0 aliphatic carbocycles. The topological polar surface area (TPSA) is 30.5 Å². The molecule has 1 atom stereocenters. The van der Waals surface area contributed by atoms with Crippen molar-refractivity contribution in [1.29, 1.82) is 0 Å². The van der Waals surface area contributed by atoms with Gasteiger partial charge in [-0.05, 0) is 25.1 Å². The van der Waals surface area contributed by atoms with Gasteiger partial charge in [0.15, 0.2) is 11.5 Å². The summed E-state index contributed by atoms with van der Waals surface area (Å²) in [7, 11) is 0. The van der Waals surface area contributed by atoms with Crippen LogP contribution in [0.5, 0.6) is 11.5 Å². The average molecular weight is 209 g/mol. The van der Waals surface area contributed by atoms with Crippen LogP contribution in [0.2, 0.25) is 0 Å². The first-order valence-corrected chi connectivity index (χ1v) is 5.15. The highest BCUT2D eigenvalue weighted by atomic mass is 19.1. The second kappa shape index (κ2) is 3.38. The zero-order valence-corrected chi connectivity index (χ0v) is 8.25. The van der Waals surface area contributed by atoms with E-state index in [2.05, 4.69) is 5.32 Å². The fraction of sp³-hybridized carbons (Fsp3) is 0.455. The van der Waals surface area contributed by atoms with E-state index in [4.69, 9.17) is 9.47 Å². The number of fused-ring (bicyclic) bond motifs is 1. The van der Waals surface area contributed by atoms with Gasteiger partial charge in [-0.25, -0.2) is 4.39 Å². The highest BCUT2D eigenvalue weighted by Gasteiger charge is 2.28. The average Bonchev–Trinajstić information content (AvgIpc) is 2.85. The van der Waals surface area contributed by atoms with Crippen molar-refractivity contribution in [3.8, 4) is 11.5 Å². The molecule has 4 heteroatoms. The summed E-state index contributed by atoms with van der Waals surface area (Å²) in [4.78, 5) is 0. The maximum atomic E-state index is 13.7. The van der Waals surface area contributed by atoms with Crippen LogP contribution in [-0.4, -0.2) is 19.9 Å². The number of rotatable bonds is 1. The van der Waals surface area contributed by atoms with Crippen LogP contribution in [-0.2, 0) is 0 Å². The zero-order valence-electron chi connectivity index (χ0n) is 8.25. The van der Waals surface area contributed by atoms with Gasteiger partial charge in [-0.15, -0.1) is 0 Å². The van der Waals surface area contributed by atoms with Crippen LogP contribution in [0, 0.1) is 5.82 Å². The summed E-state index contributed by atoms with van der Waals surface area (Å²) in [5, 5.41) is 3.23. The second-order valence-electron chi connectivity index (χ2n) is 3.88. The van der Waals surface area contributed by atoms with Crippen molar-refractivity contribution in [2.75, 3.05) is 19.9 Å². The smallest absolute Gasteiger partial charge is 0.231 e. The minimum Gasteiger partial charge on any atom is -0.454 e. The zero-order chi connectivity index (χ0) is 10.3. The van der Waals surface area contributed by atoms with Gasteiger partial charge >= 0.3 is 0 Å². The Hall–Kier alpha value is -1.29. The standard InChI is InChI=1S/C11H12FNO2/c12-8-1-2-9-11(15-6-14-9)10(8)7-3-4-13-5-7/h1-2,7,13H,3-6H2. The van der Waals surface area contributed by atoms with E-state index in [9.17, 15) is 4.39 Å². The summed E-state index contributed by atoms with van der Waals surface area (Å²) in [6.45, 7) is 1.96. The molecule has 3 nitrogen and oxygen atoms in total. The lowest BCUT2D eigenvalue weighted by Crippen LogP contribution is -2.09. The van der Waals surface area contributed by atoms with Gasteiger partial charge in [0.25, 0.3) is 0 Å². The van der Waals surface area contributed by atoms with Gasteiger partial charge in [-0.1, -0.05) is 0 Å². The summed E-state index contributed by atoms with van der Waals surface area (Å²) < 4.78 is 24.3. The largest absolute Gasteiger partial charge is 0.454 e. The van der Waals surface area contributed by atoms with Crippen molar-refractivity contribution in [1.82, 2.24) is 5.32 Å². The van der Waals surface area contributed by atoms with Gasteiger partial charge in [0.05, 0.1) is 0 Å². The van der Waals surface area contributed by atoms with Crippen molar-refractivity contribution in [2.45, 2.75) is 12.3 Å². The molecule has 1 N–H and O–H groups in total. The summed E-state index contributed by atoms with van der Waals surface area (Å²) in [5.41, 5.74) is 0.676. The number of hydrogen-bond donors (Lipinski definition) is 1. The van der Waals surface area contributed by atoms with Gasteiger partial charge in [0, 0.05) is 18.0 Å². The number of halogens is 1. The Bertz CT molecular complexity index is 388. The van der Waals surface area contributed by atoms with Crippen molar-refractivity contribution >= 4 is 0 Å². The van der Waals surface area contributed by atoms with E-state index in [1.807, 2.05) is 0 Å². The van der Waals surface area contributed by atoms with Crippen LogP contribution in [0.3, 0.4) is 0 Å². The molecule has 2 aliphatic rings. The van der Waals surface area contributed by atoms with Crippen LogP contribution < -0.4 is 14.8 Å². The van der Waals surface area contributed by atoms with Crippen molar-refractivity contribution < 1.29 is 13.9 Å². The first-order valence-electron chi connectivity index (χ1n) is 5.15. The Kier molecular flexibility index (Phi) is 2.02. The molecule has 0 amide bonds. The van der Waals surface area contributed by atoms with Crippen LogP contribution >= 0.6 is 0 Å². The van der Waals surface area contributed by atoms with Gasteiger partial charge in [0.1, 0.15) is 5.82 Å². The molecule has 0 radical (unpaired) electrons. The molecule has 2 aliphatic heterocycles. The van der Waals surface area contributed by atoms with Crippen LogP contribution in [0.25, 0.3) is 0 Å². The maximum Gasteiger partial charge on any atom is 0.231 e. The van der Waals surface area contributed by atoms with E-state index in [-0.39, 0.29) is 18.5 Å². The lowest BCUT2D eigenvalue weighted by atomic mass is 9.96. The quantitative estimate of drug-likeness (QED) is 0.762. The van der Waals surface area contributed by atoms with Gasteiger partial charge in [-0.2, -0.15) is 0 Å². The molecule has 0 saturated carbocycles. The molecule has 0 aromatic heterocycles. The SMILES string of the molecule is Fc1ccc2c(c1C1CCNC1)OCO2. The lowest BCUT2D eigenvalue weighted by molar-refractivity contribution is 0.172. The molecule has 1 saturated heterocycles. The third kappa shape index (κ3) is 1.36.